The third kappa shape index (κ3) is 3.86. The minimum atomic E-state index is 0.346. The summed E-state index contributed by atoms with van der Waals surface area (Å²) in [6.45, 7) is 0. The second kappa shape index (κ2) is 10.7. The van der Waals surface area contributed by atoms with Gasteiger partial charge in [0.25, 0.3) is 0 Å². The van der Waals surface area contributed by atoms with Crippen LogP contribution in [0.15, 0.2) is 170 Å². The highest BCUT2D eigenvalue weighted by atomic mass is 15.0. The van der Waals surface area contributed by atoms with E-state index < -0.39 is 0 Å². The molecule has 0 saturated heterocycles. The summed E-state index contributed by atoms with van der Waals surface area (Å²) in [5.74, 6) is 0.346. The number of aromatic nitrogens is 2. The Labute approximate surface area is 298 Å². The van der Waals surface area contributed by atoms with Gasteiger partial charge in [-0.05, 0) is 46.2 Å². The molecule has 0 bridgehead atoms. The van der Waals surface area contributed by atoms with Crippen molar-refractivity contribution in [1.29, 1.82) is 10.8 Å². The van der Waals surface area contributed by atoms with Crippen molar-refractivity contribution in [2.45, 2.75) is 0 Å². The molecule has 2 N–H and O–H groups in total. The Kier molecular flexibility index (Phi) is 5.93. The highest BCUT2D eigenvalue weighted by Crippen LogP contribution is 2.47. The quantitative estimate of drug-likeness (QED) is 0.139. The van der Waals surface area contributed by atoms with E-state index in [-0.39, 0.29) is 0 Å². The van der Waals surface area contributed by atoms with E-state index in [4.69, 9.17) is 0 Å². The van der Waals surface area contributed by atoms with E-state index in [0.29, 0.717) is 17.1 Å². The normalized spacial score (nSPS) is 12.0. The van der Waals surface area contributed by atoms with Crippen molar-refractivity contribution in [2.75, 3.05) is 0 Å². The second-order valence-corrected chi connectivity index (χ2v) is 13.6. The van der Waals surface area contributed by atoms with Gasteiger partial charge < -0.3 is 4.40 Å². The molecule has 242 valence electrons. The van der Waals surface area contributed by atoms with Crippen molar-refractivity contribution in [2.24, 2.45) is 0 Å². The largest absolute Gasteiger partial charge is 0.308 e. The fourth-order valence-electron chi connectivity index (χ4n) is 8.66. The molecule has 0 aliphatic rings. The molecule has 0 fully saturated rings. The lowest BCUT2D eigenvalue weighted by atomic mass is 9.95. The Bertz CT molecular complexity index is 3250. The zero-order valence-electron chi connectivity index (χ0n) is 28.1. The molecule has 0 saturated carbocycles. The van der Waals surface area contributed by atoms with E-state index in [9.17, 15) is 10.8 Å². The number of para-hydroxylation sites is 2. The molecule has 3 heterocycles. The van der Waals surface area contributed by atoms with Gasteiger partial charge in [0.1, 0.15) is 5.84 Å². The molecule has 0 atom stereocenters. The van der Waals surface area contributed by atoms with Crippen LogP contribution in [0.1, 0.15) is 16.7 Å². The summed E-state index contributed by atoms with van der Waals surface area (Å²) in [7, 11) is 0. The average molecular weight is 663 g/mol. The molecule has 4 nitrogen and oxygen atoms in total. The van der Waals surface area contributed by atoms with E-state index in [2.05, 4.69) is 124 Å². The van der Waals surface area contributed by atoms with Crippen LogP contribution >= 0.6 is 0 Å². The van der Waals surface area contributed by atoms with E-state index >= 15 is 0 Å². The summed E-state index contributed by atoms with van der Waals surface area (Å²) >= 11 is 0. The zero-order valence-corrected chi connectivity index (χ0v) is 28.1. The number of nitrogens with one attached hydrogen (secondary N) is 2. The van der Waals surface area contributed by atoms with Gasteiger partial charge in [-0.3, -0.25) is 15.4 Å². The van der Waals surface area contributed by atoms with Gasteiger partial charge in [-0.2, -0.15) is 0 Å². The van der Waals surface area contributed by atoms with Crippen LogP contribution in [-0.4, -0.2) is 20.5 Å². The fraction of sp³-hybridized carbons (Fsp3) is 0. The molecule has 11 aromatic rings. The van der Waals surface area contributed by atoms with Gasteiger partial charge in [-0.1, -0.05) is 146 Å². The lowest BCUT2D eigenvalue weighted by Gasteiger charge is -2.15. The maximum Gasteiger partial charge on any atom is 0.137 e. The molecule has 0 aliphatic heterocycles. The molecule has 3 aromatic heterocycles. The first kappa shape index (κ1) is 28.8. The summed E-state index contributed by atoms with van der Waals surface area (Å²) in [6.07, 6.45) is 0. The fourth-order valence-corrected chi connectivity index (χ4v) is 8.66. The first-order valence-corrected chi connectivity index (χ1v) is 17.6. The van der Waals surface area contributed by atoms with Crippen LogP contribution in [-0.2, 0) is 0 Å². The lowest BCUT2D eigenvalue weighted by Crippen LogP contribution is -2.17. The van der Waals surface area contributed by atoms with Gasteiger partial charge in [0.2, 0.25) is 0 Å². The monoisotopic (exact) mass is 662 g/mol. The smallest absolute Gasteiger partial charge is 0.137 e. The maximum atomic E-state index is 10.0. The summed E-state index contributed by atoms with van der Waals surface area (Å²) in [4.78, 5) is 0. The lowest BCUT2D eigenvalue weighted by molar-refractivity contribution is 1.22. The van der Waals surface area contributed by atoms with Crippen molar-refractivity contribution in [3.63, 3.8) is 0 Å². The minimum Gasteiger partial charge on any atom is -0.308 e. The Balaban J connectivity index is 1.19. The van der Waals surface area contributed by atoms with Gasteiger partial charge in [-0.25, -0.2) is 0 Å². The van der Waals surface area contributed by atoms with E-state index in [1.807, 2.05) is 54.6 Å². The van der Waals surface area contributed by atoms with E-state index in [0.717, 1.165) is 44.1 Å². The van der Waals surface area contributed by atoms with Gasteiger partial charge in [0.05, 0.1) is 33.3 Å². The topological polar surface area (TPSA) is 57.0 Å². The predicted molar refractivity (Wildman–Crippen MR) is 218 cm³/mol. The van der Waals surface area contributed by atoms with Gasteiger partial charge in [-0.15, -0.1) is 0 Å². The van der Waals surface area contributed by atoms with Crippen LogP contribution in [0.4, 0.5) is 0 Å². The highest BCUT2D eigenvalue weighted by Gasteiger charge is 2.26. The van der Waals surface area contributed by atoms with Crippen LogP contribution < -0.4 is 0 Å². The minimum absolute atomic E-state index is 0.346. The summed E-state index contributed by atoms with van der Waals surface area (Å²) in [5, 5.41) is 29.0. The standard InChI is InChI=1S/C48H30N4/c49-46(32-24-22-30(23-25-32)29-12-2-1-3-13-29)35-17-6-7-18-36(35)48(50)52-40-21-11-9-19-37(40)44-42(52)28-38-34-16-8-10-20-39(34)51-41-27-26-31-14-4-5-15-33(31)43(41)45(44)47(38)51/h1-28,49-50H. The third-order valence-corrected chi connectivity index (χ3v) is 10.9. The highest BCUT2D eigenvalue weighted by molar-refractivity contribution is 6.39. The molecule has 11 rings (SSSR count). The average Bonchev–Trinajstić information content (AvgIpc) is 3.85. The molecule has 0 unspecified atom stereocenters. The summed E-state index contributed by atoms with van der Waals surface area (Å²) < 4.78 is 4.55. The number of nitrogens with zero attached hydrogens (tertiary/aromatic N) is 2. The van der Waals surface area contributed by atoms with Gasteiger partial charge >= 0.3 is 0 Å². The molecule has 52 heavy (non-hydrogen) atoms. The maximum absolute atomic E-state index is 10.0. The van der Waals surface area contributed by atoms with Gasteiger partial charge in [0.15, 0.2) is 0 Å². The Morgan fingerprint density at radius 2 is 1.02 bits per heavy atom. The molecule has 0 aliphatic carbocycles. The van der Waals surface area contributed by atoms with Crippen LogP contribution in [0, 0.1) is 10.8 Å². The van der Waals surface area contributed by atoms with Crippen molar-refractivity contribution in [3.05, 3.63) is 187 Å². The molecule has 0 spiro atoms. The Morgan fingerprint density at radius 3 is 1.83 bits per heavy atom. The predicted octanol–water partition coefficient (Wildman–Crippen LogP) is 12.1. The first-order valence-electron chi connectivity index (χ1n) is 17.6. The molecule has 4 heteroatoms. The molecular weight excluding hydrogens is 633 g/mol. The Hall–Kier alpha value is -7.04. The third-order valence-electron chi connectivity index (χ3n) is 10.9. The number of hydrogen-bond donors (Lipinski definition) is 2. The number of fused-ring (bicyclic) bond motifs is 12. The van der Waals surface area contributed by atoms with Crippen LogP contribution in [0.2, 0.25) is 0 Å². The molecule has 0 amide bonds. The van der Waals surface area contributed by atoms with Crippen molar-refractivity contribution in [1.82, 2.24) is 8.97 Å². The number of rotatable bonds is 4. The Morgan fingerprint density at radius 1 is 0.404 bits per heavy atom. The zero-order chi connectivity index (χ0) is 34.5. The van der Waals surface area contributed by atoms with E-state index in [1.165, 1.54) is 48.9 Å². The van der Waals surface area contributed by atoms with Crippen LogP contribution in [0.25, 0.3) is 81.8 Å². The molecular formula is C48H30N4. The van der Waals surface area contributed by atoms with Gasteiger partial charge in [0, 0.05) is 49.0 Å². The first-order chi connectivity index (χ1) is 25.7. The van der Waals surface area contributed by atoms with E-state index in [1.54, 1.807) is 0 Å². The summed E-state index contributed by atoms with van der Waals surface area (Å²) in [5.41, 5.74) is 10.5. The van der Waals surface area contributed by atoms with Crippen molar-refractivity contribution >= 4 is 82.2 Å². The SMILES string of the molecule is N=C(c1ccc(-c2ccccc2)cc1)c1ccccc1C(=N)n1c2ccccc2c2c3c4c5ccccc5ccc4n4c5ccccc5c(cc21)c34. The van der Waals surface area contributed by atoms with Crippen LogP contribution in [0.3, 0.4) is 0 Å². The van der Waals surface area contributed by atoms with Crippen LogP contribution in [0.5, 0.6) is 0 Å². The van der Waals surface area contributed by atoms with Crippen molar-refractivity contribution < 1.29 is 0 Å². The second-order valence-electron chi connectivity index (χ2n) is 13.6. The van der Waals surface area contributed by atoms with Crippen molar-refractivity contribution in [3.8, 4) is 11.1 Å². The molecule has 0 radical (unpaired) electrons. The number of benzene rings is 8. The number of hydrogen-bond acceptors (Lipinski definition) is 2. The summed E-state index contributed by atoms with van der Waals surface area (Å²) in [6, 6.07) is 59.0. The molecule has 8 aromatic carbocycles.